The van der Waals surface area contributed by atoms with E-state index in [1.165, 1.54) is 22.8 Å². The van der Waals surface area contributed by atoms with Gasteiger partial charge in [-0.05, 0) is 30.5 Å². The molecule has 32 heavy (non-hydrogen) atoms. The SMILES string of the molecule is CC(C)[C@H](NC(=O)CCCn1c(=O)oc2cc([N+](=O)[O-])ccc21)c1nc2ccccc2[nH]1. The predicted octanol–water partition coefficient (Wildman–Crippen LogP) is 3.67. The average Bonchev–Trinajstić information content (AvgIpc) is 3.31. The highest BCUT2D eigenvalue weighted by atomic mass is 16.6. The maximum atomic E-state index is 12.6. The third-order valence-corrected chi connectivity index (χ3v) is 5.33. The topological polar surface area (TPSA) is 136 Å². The number of non-ortho nitro benzene ring substituents is 1. The van der Waals surface area contributed by atoms with Crippen molar-refractivity contribution < 1.29 is 14.1 Å². The summed E-state index contributed by atoms with van der Waals surface area (Å²) in [6.07, 6.45) is 0.609. The van der Waals surface area contributed by atoms with E-state index in [-0.39, 0.29) is 42.1 Å². The number of nitro groups is 1. The number of fused-ring (bicyclic) bond motifs is 2. The number of carbonyl (C=O) groups is 1. The molecular formula is C22H23N5O5. The maximum absolute atomic E-state index is 12.6. The number of aromatic amines is 1. The predicted molar refractivity (Wildman–Crippen MR) is 118 cm³/mol. The Bertz CT molecular complexity index is 1320. The minimum Gasteiger partial charge on any atom is -0.407 e. The van der Waals surface area contributed by atoms with E-state index < -0.39 is 10.7 Å². The van der Waals surface area contributed by atoms with Crippen molar-refractivity contribution in [3.63, 3.8) is 0 Å². The van der Waals surface area contributed by atoms with Crippen LogP contribution in [0.2, 0.25) is 0 Å². The number of oxazole rings is 1. The zero-order chi connectivity index (χ0) is 22.8. The molecule has 10 heteroatoms. The van der Waals surface area contributed by atoms with Gasteiger partial charge < -0.3 is 14.7 Å². The number of nitro benzene ring substituents is 1. The van der Waals surface area contributed by atoms with Crippen molar-refractivity contribution in [2.75, 3.05) is 0 Å². The van der Waals surface area contributed by atoms with Gasteiger partial charge >= 0.3 is 5.76 Å². The van der Waals surface area contributed by atoms with Crippen LogP contribution in [0.4, 0.5) is 5.69 Å². The number of imidazole rings is 1. The van der Waals surface area contributed by atoms with Gasteiger partial charge in [-0.3, -0.25) is 19.5 Å². The summed E-state index contributed by atoms with van der Waals surface area (Å²) in [5, 5.41) is 13.9. The first kappa shape index (κ1) is 21.3. The van der Waals surface area contributed by atoms with E-state index in [9.17, 15) is 19.7 Å². The largest absolute Gasteiger partial charge is 0.419 e. The number of rotatable bonds is 8. The summed E-state index contributed by atoms with van der Waals surface area (Å²) in [6, 6.07) is 11.4. The van der Waals surface area contributed by atoms with Crippen LogP contribution in [0, 0.1) is 16.0 Å². The van der Waals surface area contributed by atoms with Crippen LogP contribution in [-0.4, -0.2) is 25.4 Å². The van der Waals surface area contributed by atoms with Crippen molar-refractivity contribution >= 4 is 33.7 Å². The fourth-order valence-corrected chi connectivity index (χ4v) is 3.69. The number of aryl methyl sites for hydroxylation is 1. The van der Waals surface area contributed by atoms with Gasteiger partial charge in [0.15, 0.2) is 5.58 Å². The molecule has 0 spiro atoms. The summed E-state index contributed by atoms with van der Waals surface area (Å²) >= 11 is 0. The molecule has 10 nitrogen and oxygen atoms in total. The molecule has 0 saturated carbocycles. The van der Waals surface area contributed by atoms with Crippen molar-refractivity contribution in [3.05, 3.63) is 69.0 Å². The highest BCUT2D eigenvalue weighted by Crippen LogP contribution is 2.23. The molecular weight excluding hydrogens is 414 g/mol. The average molecular weight is 437 g/mol. The van der Waals surface area contributed by atoms with Crippen LogP contribution in [0.15, 0.2) is 51.7 Å². The van der Waals surface area contributed by atoms with E-state index in [2.05, 4.69) is 15.3 Å². The molecule has 0 unspecified atom stereocenters. The smallest absolute Gasteiger partial charge is 0.407 e. The van der Waals surface area contributed by atoms with Crippen LogP contribution in [0.3, 0.4) is 0 Å². The van der Waals surface area contributed by atoms with Gasteiger partial charge in [0.1, 0.15) is 5.82 Å². The second-order valence-corrected chi connectivity index (χ2v) is 7.96. The Morgan fingerprint density at radius 3 is 2.78 bits per heavy atom. The van der Waals surface area contributed by atoms with E-state index in [0.29, 0.717) is 17.8 Å². The van der Waals surface area contributed by atoms with E-state index in [1.54, 1.807) is 0 Å². The molecule has 166 valence electrons. The van der Waals surface area contributed by atoms with Crippen LogP contribution < -0.4 is 11.1 Å². The molecule has 4 aromatic rings. The Morgan fingerprint density at radius 1 is 1.28 bits per heavy atom. The molecule has 0 fully saturated rings. The van der Waals surface area contributed by atoms with E-state index >= 15 is 0 Å². The highest BCUT2D eigenvalue weighted by Gasteiger charge is 2.22. The minimum atomic E-state index is -0.608. The normalized spacial score (nSPS) is 12.5. The lowest BCUT2D eigenvalue weighted by Crippen LogP contribution is -2.32. The number of amides is 1. The number of hydrogen-bond donors (Lipinski definition) is 2. The molecule has 0 aliphatic heterocycles. The number of hydrogen-bond acceptors (Lipinski definition) is 6. The summed E-state index contributed by atoms with van der Waals surface area (Å²) < 4.78 is 6.50. The number of para-hydroxylation sites is 2. The Hall–Kier alpha value is -3.95. The third-order valence-electron chi connectivity index (χ3n) is 5.33. The lowest BCUT2D eigenvalue weighted by Gasteiger charge is -2.20. The van der Waals surface area contributed by atoms with Crippen LogP contribution >= 0.6 is 0 Å². The molecule has 2 heterocycles. The summed E-state index contributed by atoms with van der Waals surface area (Å²) in [6.45, 7) is 4.27. The number of nitrogens with one attached hydrogen (secondary N) is 2. The fraction of sp³-hybridized carbons (Fsp3) is 0.318. The van der Waals surface area contributed by atoms with Crippen LogP contribution in [-0.2, 0) is 11.3 Å². The van der Waals surface area contributed by atoms with Crippen molar-refractivity contribution in [2.45, 2.75) is 39.3 Å². The van der Waals surface area contributed by atoms with Gasteiger partial charge in [-0.2, -0.15) is 0 Å². The summed E-state index contributed by atoms with van der Waals surface area (Å²) in [4.78, 5) is 43.0. The lowest BCUT2D eigenvalue weighted by atomic mass is 10.0. The Balaban J connectivity index is 1.41. The quantitative estimate of drug-likeness (QED) is 0.319. The molecule has 0 bridgehead atoms. The zero-order valence-corrected chi connectivity index (χ0v) is 17.7. The lowest BCUT2D eigenvalue weighted by molar-refractivity contribution is -0.384. The standard InChI is InChI=1S/C22H23N5O5/c1-13(2)20(21-23-15-6-3-4-7-16(15)24-21)25-19(28)8-5-11-26-17-10-9-14(27(30)31)12-18(17)32-22(26)29/h3-4,6-7,9-10,12-13,20H,5,8,11H2,1-2H3,(H,23,24)(H,25,28)/t20-/m0/s1. The zero-order valence-electron chi connectivity index (χ0n) is 17.7. The van der Waals surface area contributed by atoms with Gasteiger partial charge in [0.25, 0.3) is 5.69 Å². The highest BCUT2D eigenvalue weighted by molar-refractivity contribution is 5.78. The van der Waals surface area contributed by atoms with Crippen LogP contribution in [0.1, 0.15) is 38.6 Å². The minimum absolute atomic E-state index is 0.121. The fourth-order valence-electron chi connectivity index (χ4n) is 3.69. The van der Waals surface area contributed by atoms with Crippen molar-refractivity contribution in [1.82, 2.24) is 19.9 Å². The van der Waals surface area contributed by atoms with Crippen molar-refractivity contribution in [3.8, 4) is 0 Å². The second kappa shape index (κ2) is 8.66. The first-order valence-electron chi connectivity index (χ1n) is 10.4. The monoisotopic (exact) mass is 437 g/mol. The van der Waals surface area contributed by atoms with E-state index in [1.807, 2.05) is 38.1 Å². The Morgan fingerprint density at radius 2 is 2.06 bits per heavy atom. The van der Waals surface area contributed by atoms with Gasteiger partial charge in [0, 0.05) is 19.0 Å². The third kappa shape index (κ3) is 4.25. The first-order chi connectivity index (χ1) is 15.3. The number of nitrogens with zero attached hydrogens (tertiary/aromatic N) is 3. The van der Waals surface area contributed by atoms with Crippen molar-refractivity contribution in [2.24, 2.45) is 5.92 Å². The van der Waals surface area contributed by atoms with E-state index in [4.69, 9.17) is 4.42 Å². The summed E-state index contributed by atoms with van der Waals surface area (Å²) in [5.74, 6) is 0.0628. The Labute approximate surface area is 182 Å². The summed E-state index contributed by atoms with van der Waals surface area (Å²) in [7, 11) is 0. The van der Waals surface area contributed by atoms with Gasteiger partial charge in [0.05, 0.1) is 33.6 Å². The maximum Gasteiger partial charge on any atom is 0.419 e. The number of H-pyrrole nitrogens is 1. The number of carbonyl (C=O) groups excluding carboxylic acids is 1. The first-order valence-corrected chi connectivity index (χ1v) is 10.4. The van der Waals surface area contributed by atoms with Gasteiger partial charge in [0.2, 0.25) is 5.91 Å². The molecule has 2 aromatic heterocycles. The van der Waals surface area contributed by atoms with E-state index in [0.717, 1.165) is 11.0 Å². The molecule has 0 aliphatic rings. The molecule has 2 N–H and O–H groups in total. The van der Waals surface area contributed by atoms with Crippen LogP contribution in [0.5, 0.6) is 0 Å². The number of aromatic nitrogens is 3. The van der Waals surface area contributed by atoms with Gasteiger partial charge in [-0.25, -0.2) is 9.78 Å². The van der Waals surface area contributed by atoms with Crippen LogP contribution in [0.25, 0.3) is 22.1 Å². The molecule has 1 atom stereocenters. The molecule has 0 saturated heterocycles. The molecule has 4 rings (SSSR count). The van der Waals surface area contributed by atoms with Gasteiger partial charge in [-0.15, -0.1) is 0 Å². The molecule has 2 aromatic carbocycles. The van der Waals surface area contributed by atoms with Crippen molar-refractivity contribution in [1.29, 1.82) is 0 Å². The Kier molecular flexibility index (Phi) is 5.76. The van der Waals surface area contributed by atoms with Gasteiger partial charge in [-0.1, -0.05) is 26.0 Å². The second-order valence-electron chi connectivity index (χ2n) is 7.96. The molecule has 1 amide bonds. The molecule has 0 aliphatic carbocycles. The number of benzene rings is 2. The molecule has 0 radical (unpaired) electrons. The summed E-state index contributed by atoms with van der Waals surface area (Å²) in [5.41, 5.74) is 2.22.